The van der Waals surface area contributed by atoms with Gasteiger partial charge < -0.3 is 4.52 Å². The zero-order chi connectivity index (χ0) is 12.7. The van der Waals surface area contributed by atoms with E-state index in [2.05, 4.69) is 47.1 Å². The van der Waals surface area contributed by atoms with Crippen molar-refractivity contribution in [1.82, 2.24) is 19.9 Å². The third-order valence-electron chi connectivity index (χ3n) is 2.64. The molecule has 0 saturated heterocycles. The van der Waals surface area contributed by atoms with Crippen LogP contribution in [0.5, 0.6) is 0 Å². The minimum Gasteiger partial charge on any atom is -0.339 e. The van der Waals surface area contributed by atoms with E-state index in [9.17, 15) is 4.79 Å². The van der Waals surface area contributed by atoms with Crippen LogP contribution in [0.15, 0.2) is 24.5 Å². The summed E-state index contributed by atoms with van der Waals surface area (Å²) in [4.78, 5) is 16.1. The molecule has 1 fully saturated rings. The van der Waals surface area contributed by atoms with Crippen LogP contribution in [0.3, 0.4) is 0 Å². The molecule has 0 aliphatic heterocycles. The van der Waals surface area contributed by atoms with Crippen LogP contribution in [-0.2, 0) is 6.54 Å². The lowest BCUT2D eigenvalue weighted by atomic mass is 10.4. The molecule has 3 rings (SSSR count). The van der Waals surface area contributed by atoms with Crippen LogP contribution in [-0.4, -0.2) is 19.9 Å². The summed E-state index contributed by atoms with van der Waals surface area (Å²) >= 11 is 6.42. The monoisotopic (exact) mass is 374 g/mol. The van der Waals surface area contributed by atoms with E-state index in [1.807, 2.05) is 0 Å². The maximum atomic E-state index is 11.9. The summed E-state index contributed by atoms with van der Waals surface area (Å²) in [5.74, 6) is 1.54. The average molecular weight is 376 g/mol. The molecule has 2 aromatic rings. The van der Waals surface area contributed by atoms with Crippen molar-refractivity contribution in [2.75, 3.05) is 0 Å². The third kappa shape index (κ3) is 2.26. The molecule has 94 valence electrons. The molecule has 8 heteroatoms. The molecule has 2 heterocycles. The van der Waals surface area contributed by atoms with Gasteiger partial charge in [0.2, 0.25) is 5.89 Å². The van der Waals surface area contributed by atoms with Gasteiger partial charge in [-0.25, -0.2) is 4.68 Å². The lowest BCUT2D eigenvalue weighted by Crippen LogP contribution is -2.24. The third-order valence-corrected chi connectivity index (χ3v) is 4.54. The number of hydrogen-bond donors (Lipinski definition) is 0. The molecular weight excluding hydrogens is 368 g/mol. The highest BCUT2D eigenvalue weighted by atomic mass is 79.9. The van der Waals surface area contributed by atoms with Crippen LogP contribution in [0.4, 0.5) is 0 Å². The minimum atomic E-state index is -0.234. The van der Waals surface area contributed by atoms with Gasteiger partial charge in [-0.2, -0.15) is 10.1 Å². The Balaban J connectivity index is 1.87. The van der Waals surface area contributed by atoms with Crippen molar-refractivity contribution in [1.29, 1.82) is 0 Å². The molecule has 0 spiro atoms. The highest BCUT2D eigenvalue weighted by Gasteiger charge is 2.29. The van der Waals surface area contributed by atoms with E-state index in [0.29, 0.717) is 26.6 Å². The summed E-state index contributed by atoms with van der Waals surface area (Å²) in [6, 6.07) is 0. The molecule has 0 aromatic carbocycles. The van der Waals surface area contributed by atoms with Crippen molar-refractivity contribution in [3.8, 4) is 0 Å². The van der Waals surface area contributed by atoms with Crippen LogP contribution < -0.4 is 5.56 Å². The molecule has 0 unspecified atom stereocenters. The molecule has 6 nitrogen and oxygen atoms in total. The second-order valence-electron chi connectivity index (χ2n) is 4.09. The van der Waals surface area contributed by atoms with E-state index in [1.54, 1.807) is 6.20 Å². The van der Waals surface area contributed by atoms with Crippen LogP contribution in [0.25, 0.3) is 0 Å². The SMILES string of the molecule is O=c1c(Br)c(Br)cnn1Cc1noc(C2CC2)n1. The van der Waals surface area contributed by atoms with Gasteiger partial charge in [-0.3, -0.25) is 4.79 Å². The van der Waals surface area contributed by atoms with Crippen molar-refractivity contribution >= 4 is 31.9 Å². The number of hydrogen-bond acceptors (Lipinski definition) is 5. The van der Waals surface area contributed by atoms with Crippen LogP contribution in [0.1, 0.15) is 30.5 Å². The Hall–Kier alpha value is -1.02. The molecule has 0 bridgehead atoms. The normalized spacial score (nSPS) is 15.0. The van der Waals surface area contributed by atoms with Crippen LogP contribution in [0, 0.1) is 0 Å². The smallest absolute Gasteiger partial charge is 0.282 e. The van der Waals surface area contributed by atoms with Gasteiger partial charge in [0.15, 0.2) is 5.82 Å². The average Bonchev–Trinajstić information content (AvgIpc) is 3.11. The summed E-state index contributed by atoms with van der Waals surface area (Å²) in [6.07, 6.45) is 3.75. The van der Waals surface area contributed by atoms with Crippen molar-refractivity contribution in [2.24, 2.45) is 0 Å². The van der Waals surface area contributed by atoms with Crippen LogP contribution >= 0.6 is 31.9 Å². The summed E-state index contributed by atoms with van der Waals surface area (Å²) in [5, 5.41) is 7.86. The largest absolute Gasteiger partial charge is 0.339 e. The molecule has 18 heavy (non-hydrogen) atoms. The molecule has 1 aliphatic carbocycles. The number of rotatable bonds is 3. The molecule has 1 saturated carbocycles. The molecule has 0 radical (unpaired) electrons. The number of aromatic nitrogens is 4. The Labute approximate surface area is 119 Å². The fourth-order valence-corrected chi connectivity index (χ4v) is 2.09. The van der Waals surface area contributed by atoms with E-state index < -0.39 is 0 Å². The van der Waals surface area contributed by atoms with E-state index in [0.717, 1.165) is 12.8 Å². The Morgan fingerprint density at radius 2 is 2.22 bits per heavy atom. The summed E-state index contributed by atoms with van der Waals surface area (Å²) in [5.41, 5.74) is -0.234. The van der Waals surface area contributed by atoms with Gasteiger partial charge in [0.05, 0.1) is 10.7 Å². The quantitative estimate of drug-likeness (QED) is 0.821. The first-order valence-corrected chi connectivity index (χ1v) is 6.97. The lowest BCUT2D eigenvalue weighted by molar-refractivity contribution is 0.372. The maximum absolute atomic E-state index is 11.9. The Kier molecular flexibility index (Phi) is 3.06. The van der Waals surface area contributed by atoms with Gasteiger partial charge in [0.25, 0.3) is 5.56 Å². The van der Waals surface area contributed by atoms with Crippen molar-refractivity contribution in [2.45, 2.75) is 25.3 Å². The van der Waals surface area contributed by atoms with Gasteiger partial charge in [-0.15, -0.1) is 0 Å². The van der Waals surface area contributed by atoms with Crippen molar-refractivity contribution in [3.63, 3.8) is 0 Å². The molecular formula is C10H8Br2N4O2. The first-order valence-electron chi connectivity index (χ1n) is 5.39. The predicted molar refractivity (Wildman–Crippen MR) is 69.3 cm³/mol. The fraction of sp³-hybridized carbons (Fsp3) is 0.400. The molecule has 0 amide bonds. The van der Waals surface area contributed by atoms with Gasteiger partial charge in [-0.05, 0) is 44.7 Å². The van der Waals surface area contributed by atoms with Crippen molar-refractivity contribution < 1.29 is 4.52 Å². The van der Waals surface area contributed by atoms with Gasteiger partial charge in [0, 0.05) is 5.92 Å². The zero-order valence-corrected chi connectivity index (χ0v) is 12.3. The first kappa shape index (κ1) is 12.0. The maximum Gasteiger partial charge on any atom is 0.282 e. The van der Waals surface area contributed by atoms with Gasteiger partial charge in [-0.1, -0.05) is 5.16 Å². The standard InChI is InChI=1S/C10H8Br2N4O2/c11-6-3-13-16(10(17)8(6)12)4-7-14-9(18-15-7)5-1-2-5/h3,5H,1-2,4H2. The van der Waals surface area contributed by atoms with E-state index in [1.165, 1.54) is 4.68 Å². The molecule has 1 aliphatic rings. The van der Waals surface area contributed by atoms with Gasteiger partial charge in [0.1, 0.15) is 11.0 Å². The summed E-state index contributed by atoms with van der Waals surface area (Å²) in [6.45, 7) is 0.209. The van der Waals surface area contributed by atoms with Crippen LogP contribution in [0.2, 0.25) is 0 Å². The predicted octanol–water partition coefficient (Wildman–Crippen LogP) is 2.08. The second-order valence-corrected chi connectivity index (χ2v) is 5.74. The Bertz CT molecular complexity index is 648. The Morgan fingerprint density at radius 1 is 1.44 bits per heavy atom. The van der Waals surface area contributed by atoms with E-state index >= 15 is 0 Å². The number of nitrogens with zero attached hydrogens (tertiary/aromatic N) is 4. The molecule has 0 N–H and O–H groups in total. The Morgan fingerprint density at radius 3 is 2.94 bits per heavy atom. The molecule has 2 aromatic heterocycles. The highest BCUT2D eigenvalue weighted by Crippen LogP contribution is 2.38. The lowest BCUT2D eigenvalue weighted by Gasteiger charge is -2.02. The zero-order valence-electron chi connectivity index (χ0n) is 9.14. The van der Waals surface area contributed by atoms with E-state index in [-0.39, 0.29) is 12.1 Å². The highest BCUT2D eigenvalue weighted by molar-refractivity contribution is 9.13. The number of halogens is 2. The summed E-state index contributed by atoms with van der Waals surface area (Å²) in [7, 11) is 0. The second kappa shape index (κ2) is 4.58. The molecule has 0 atom stereocenters. The first-order chi connectivity index (χ1) is 8.65. The van der Waals surface area contributed by atoms with E-state index in [4.69, 9.17) is 4.52 Å². The summed E-state index contributed by atoms with van der Waals surface area (Å²) < 4.78 is 7.47. The van der Waals surface area contributed by atoms with Crippen molar-refractivity contribution in [3.05, 3.63) is 37.2 Å². The fourth-order valence-electron chi connectivity index (χ4n) is 1.52. The topological polar surface area (TPSA) is 73.8 Å². The minimum absolute atomic E-state index is 0.209. The van der Waals surface area contributed by atoms with Gasteiger partial charge >= 0.3 is 0 Å².